The van der Waals surface area contributed by atoms with E-state index in [-0.39, 0.29) is 17.3 Å². The molecule has 0 aliphatic rings. The van der Waals surface area contributed by atoms with Gasteiger partial charge in [-0.25, -0.2) is 13.6 Å². The number of nitrogens with one attached hydrogen (secondary N) is 1. The minimum Gasteiger partial charge on any atom is -0.497 e. The molecule has 0 atom stereocenters. The summed E-state index contributed by atoms with van der Waals surface area (Å²) >= 11 is 0. The lowest BCUT2D eigenvalue weighted by Crippen LogP contribution is -2.33. The molecule has 0 spiro atoms. The fraction of sp³-hybridized carbons (Fsp3) is 0.350. The van der Waals surface area contributed by atoms with E-state index in [1.165, 1.54) is 12.1 Å². The number of aryl methyl sites for hydroxylation is 1. The maximum Gasteiger partial charge on any atom is 0.238 e. The molecule has 0 aliphatic heterocycles. The molecule has 0 saturated heterocycles. The van der Waals surface area contributed by atoms with Crippen LogP contribution in [-0.2, 0) is 21.4 Å². The number of hydrogen-bond acceptors (Lipinski definition) is 5. The van der Waals surface area contributed by atoms with Crippen LogP contribution >= 0.6 is 0 Å². The van der Waals surface area contributed by atoms with Gasteiger partial charge in [0.2, 0.25) is 15.9 Å². The summed E-state index contributed by atoms with van der Waals surface area (Å²) in [7, 11) is -2.23. The predicted molar refractivity (Wildman–Crippen MR) is 110 cm³/mol. The molecule has 1 amide bonds. The number of benzene rings is 2. The van der Waals surface area contributed by atoms with Crippen molar-refractivity contribution in [2.75, 3.05) is 25.5 Å². The highest BCUT2D eigenvalue weighted by Gasteiger charge is 2.16. The van der Waals surface area contributed by atoms with Gasteiger partial charge in [0.05, 0.1) is 18.6 Å². The second kappa shape index (κ2) is 9.18. The van der Waals surface area contributed by atoms with Gasteiger partial charge in [0.15, 0.2) is 0 Å². The molecular formula is C20H27N3O4S. The predicted octanol–water partition coefficient (Wildman–Crippen LogP) is 2.42. The van der Waals surface area contributed by atoms with E-state index >= 15 is 0 Å². The number of ether oxygens (including phenoxy) is 1. The Morgan fingerprint density at radius 3 is 2.36 bits per heavy atom. The monoisotopic (exact) mass is 405 g/mol. The van der Waals surface area contributed by atoms with Gasteiger partial charge in [-0.15, -0.1) is 0 Å². The van der Waals surface area contributed by atoms with Gasteiger partial charge in [-0.1, -0.05) is 19.1 Å². The molecule has 152 valence electrons. The summed E-state index contributed by atoms with van der Waals surface area (Å²) in [6, 6.07) is 10.6. The number of carbonyl (C=O) groups is 1. The van der Waals surface area contributed by atoms with Crippen molar-refractivity contribution in [3.8, 4) is 5.75 Å². The zero-order valence-electron chi connectivity index (χ0n) is 16.7. The van der Waals surface area contributed by atoms with Crippen molar-refractivity contribution in [1.29, 1.82) is 0 Å². The van der Waals surface area contributed by atoms with Gasteiger partial charge in [0, 0.05) is 12.2 Å². The van der Waals surface area contributed by atoms with E-state index in [9.17, 15) is 13.2 Å². The molecule has 0 fully saturated rings. The van der Waals surface area contributed by atoms with E-state index in [4.69, 9.17) is 9.88 Å². The zero-order chi connectivity index (χ0) is 20.9. The van der Waals surface area contributed by atoms with E-state index in [1.54, 1.807) is 14.0 Å². The Morgan fingerprint density at radius 1 is 1.18 bits per heavy atom. The van der Waals surface area contributed by atoms with Crippen LogP contribution in [-0.4, -0.2) is 39.4 Å². The Bertz CT molecular complexity index is 941. The number of rotatable bonds is 8. The smallest absolute Gasteiger partial charge is 0.238 e. The molecule has 2 aromatic carbocycles. The molecule has 0 bridgehead atoms. The molecule has 0 radical (unpaired) electrons. The van der Waals surface area contributed by atoms with Crippen molar-refractivity contribution in [3.05, 3.63) is 53.1 Å². The van der Waals surface area contributed by atoms with Gasteiger partial charge in [-0.05, 0) is 61.3 Å². The van der Waals surface area contributed by atoms with Crippen molar-refractivity contribution in [1.82, 2.24) is 4.90 Å². The summed E-state index contributed by atoms with van der Waals surface area (Å²) in [4.78, 5) is 14.5. The minimum absolute atomic E-state index is 0.0171. The quantitative estimate of drug-likeness (QED) is 0.702. The highest BCUT2D eigenvalue weighted by atomic mass is 32.2. The van der Waals surface area contributed by atoms with Gasteiger partial charge in [0.1, 0.15) is 5.75 Å². The average Bonchev–Trinajstić information content (AvgIpc) is 2.64. The number of likely N-dealkylation sites (N-methyl/N-ethyl adjacent to an activating group) is 1. The lowest BCUT2D eigenvalue weighted by Gasteiger charge is -2.21. The summed E-state index contributed by atoms with van der Waals surface area (Å²) < 4.78 is 28.5. The third-order valence-electron chi connectivity index (χ3n) is 4.62. The largest absolute Gasteiger partial charge is 0.497 e. The molecule has 0 aromatic heterocycles. The molecule has 0 saturated carbocycles. The fourth-order valence-electron chi connectivity index (χ4n) is 2.78. The van der Waals surface area contributed by atoms with Gasteiger partial charge in [0.25, 0.3) is 0 Å². The van der Waals surface area contributed by atoms with Crippen LogP contribution < -0.4 is 15.2 Å². The Kier molecular flexibility index (Phi) is 7.17. The van der Waals surface area contributed by atoms with E-state index in [1.807, 2.05) is 43.0 Å². The van der Waals surface area contributed by atoms with E-state index in [0.29, 0.717) is 18.8 Å². The Morgan fingerprint density at radius 2 is 1.82 bits per heavy atom. The third-order valence-corrected chi connectivity index (χ3v) is 5.52. The normalized spacial score (nSPS) is 11.5. The summed E-state index contributed by atoms with van der Waals surface area (Å²) in [6.45, 7) is 7.07. The van der Waals surface area contributed by atoms with Crippen LogP contribution in [0.5, 0.6) is 5.75 Å². The fourth-order valence-corrected chi connectivity index (χ4v) is 3.40. The molecule has 0 unspecified atom stereocenters. The van der Waals surface area contributed by atoms with Crippen molar-refractivity contribution >= 4 is 21.6 Å². The number of amides is 1. The second-order valence-corrected chi connectivity index (χ2v) is 8.22. The first-order valence-corrected chi connectivity index (χ1v) is 10.5. The van der Waals surface area contributed by atoms with E-state index in [2.05, 4.69) is 5.32 Å². The Hall–Kier alpha value is -2.42. The molecule has 28 heavy (non-hydrogen) atoms. The van der Waals surface area contributed by atoms with Crippen LogP contribution in [0.3, 0.4) is 0 Å². The van der Waals surface area contributed by atoms with Gasteiger partial charge in [-0.3, -0.25) is 9.69 Å². The number of carbonyl (C=O) groups excluding carboxylic acids is 1. The van der Waals surface area contributed by atoms with Gasteiger partial charge in [-0.2, -0.15) is 0 Å². The third kappa shape index (κ3) is 5.79. The molecule has 3 N–H and O–H groups in total. The maximum absolute atomic E-state index is 12.5. The molecule has 2 rings (SSSR count). The van der Waals surface area contributed by atoms with E-state index in [0.717, 1.165) is 22.4 Å². The van der Waals surface area contributed by atoms with Crippen LogP contribution in [0.2, 0.25) is 0 Å². The first kappa shape index (κ1) is 21.9. The van der Waals surface area contributed by atoms with E-state index < -0.39 is 10.0 Å². The number of primary sulfonamides is 1. The van der Waals surface area contributed by atoms with Crippen LogP contribution in [0.4, 0.5) is 5.69 Å². The van der Waals surface area contributed by atoms with Crippen LogP contribution in [0.25, 0.3) is 0 Å². The lowest BCUT2D eigenvalue weighted by molar-refractivity contribution is -0.117. The first-order chi connectivity index (χ1) is 13.1. The van der Waals surface area contributed by atoms with Crippen molar-refractivity contribution < 1.29 is 17.9 Å². The molecule has 2 aromatic rings. The molecular weight excluding hydrogens is 378 g/mol. The topological polar surface area (TPSA) is 102 Å². The number of methoxy groups -OCH3 is 1. The summed E-state index contributed by atoms with van der Waals surface area (Å²) in [5.74, 6) is 0.564. The van der Waals surface area contributed by atoms with Crippen molar-refractivity contribution in [2.24, 2.45) is 5.14 Å². The zero-order valence-corrected chi connectivity index (χ0v) is 17.5. The minimum atomic E-state index is -3.85. The highest BCUT2D eigenvalue weighted by molar-refractivity contribution is 7.89. The van der Waals surface area contributed by atoms with Crippen LogP contribution in [0, 0.1) is 13.8 Å². The average molecular weight is 406 g/mol. The lowest BCUT2D eigenvalue weighted by atomic mass is 10.1. The summed E-state index contributed by atoms with van der Waals surface area (Å²) in [5.41, 5.74) is 3.07. The standard InChI is InChI=1S/C20H27N3O4S/c1-5-23(12-16-6-8-17(27-4)9-7-16)13-20(24)22-19-11-18(28(21,25)26)10-14(2)15(19)3/h6-11H,5,12-13H2,1-4H3,(H,22,24)(H2,21,25,26). The SMILES string of the molecule is CCN(CC(=O)Nc1cc(S(N)(=O)=O)cc(C)c1C)Cc1ccc(OC)cc1. The van der Waals surface area contributed by atoms with Crippen molar-refractivity contribution in [2.45, 2.75) is 32.2 Å². The Balaban J connectivity index is 2.10. The molecule has 8 heteroatoms. The Labute approximate surface area is 166 Å². The molecule has 7 nitrogen and oxygen atoms in total. The highest BCUT2D eigenvalue weighted by Crippen LogP contribution is 2.23. The first-order valence-electron chi connectivity index (χ1n) is 8.93. The van der Waals surface area contributed by atoms with Crippen LogP contribution in [0.1, 0.15) is 23.6 Å². The van der Waals surface area contributed by atoms with Gasteiger partial charge >= 0.3 is 0 Å². The van der Waals surface area contributed by atoms with Crippen LogP contribution in [0.15, 0.2) is 41.3 Å². The molecule has 0 heterocycles. The number of sulfonamides is 1. The maximum atomic E-state index is 12.5. The summed E-state index contributed by atoms with van der Waals surface area (Å²) in [5, 5.41) is 8.04. The summed E-state index contributed by atoms with van der Waals surface area (Å²) in [6.07, 6.45) is 0. The number of hydrogen-bond donors (Lipinski definition) is 2. The van der Waals surface area contributed by atoms with Gasteiger partial charge < -0.3 is 10.1 Å². The van der Waals surface area contributed by atoms with Crippen molar-refractivity contribution in [3.63, 3.8) is 0 Å². The number of anilines is 1. The number of nitrogens with zero attached hydrogens (tertiary/aromatic N) is 1. The second-order valence-electron chi connectivity index (χ2n) is 6.66. The number of nitrogens with two attached hydrogens (primary N) is 1. The molecule has 0 aliphatic carbocycles.